The highest BCUT2D eigenvalue weighted by atomic mass is 16.4. The smallest absolute Gasteiger partial charge is 0.320 e. The van der Waals surface area contributed by atoms with Crippen molar-refractivity contribution in [2.75, 3.05) is 33.2 Å². The van der Waals surface area contributed by atoms with Crippen molar-refractivity contribution in [3.05, 3.63) is 0 Å². The number of rotatable bonds is 4. The summed E-state index contributed by atoms with van der Waals surface area (Å²) in [6.07, 6.45) is -0.0128. The maximum Gasteiger partial charge on any atom is 0.320 e. The first-order chi connectivity index (χ1) is 9.15. The van der Waals surface area contributed by atoms with Crippen LogP contribution in [0.5, 0.6) is 0 Å². The molecule has 20 heavy (non-hydrogen) atoms. The number of aliphatic carboxylic acids is 1. The van der Waals surface area contributed by atoms with E-state index in [2.05, 4.69) is 25.8 Å². The summed E-state index contributed by atoms with van der Waals surface area (Å²) in [4.78, 5) is 29.0. The van der Waals surface area contributed by atoms with Crippen LogP contribution in [0, 0.1) is 0 Å². The highest BCUT2D eigenvalue weighted by Gasteiger charge is 2.35. The molecule has 0 aromatic heterocycles. The molecule has 0 saturated carbocycles. The molecule has 0 aliphatic carbocycles. The van der Waals surface area contributed by atoms with E-state index in [1.165, 1.54) is 0 Å². The lowest BCUT2D eigenvalue weighted by atomic mass is 10.00. The minimum absolute atomic E-state index is 0.00428. The first-order valence-corrected chi connectivity index (χ1v) is 7.13. The zero-order chi connectivity index (χ0) is 15.5. The normalized spacial score (nSPS) is 19.2. The van der Waals surface area contributed by atoms with E-state index < -0.39 is 5.97 Å². The van der Waals surface area contributed by atoms with Crippen molar-refractivity contribution in [1.29, 1.82) is 0 Å². The summed E-state index contributed by atoms with van der Waals surface area (Å²) in [6.45, 7) is 10.5. The summed E-state index contributed by atoms with van der Waals surface area (Å²) in [7, 11) is 2.06. The van der Waals surface area contributed by atoms with Gasteiger partial charge in [0.1, 0.15) is 0 Å². The number of amides is 2. The average Bonchev–Trinajstić information content (AvgIpc) is 2.31. The van der Waals surface area contributed by atoms with Gasteiger partial charge in [0.05, 0.1) is 6.42 Å². The Labute approximate surface area is 121 Å². The van der Waals surface area contributed by atoms with E-state index in [9.17, 15) is 9.59 Å². The lowest BCUT2D eigenvalue weighted by Gasteiger charge is -2.46. The Morgan fingerprint density at radius 3 is 2.35 bits per heavy atom. The lowest BCUT2D eigenvalue weighted by Crippen LogP contribution is -2.61. The van der Waals surface area contributed by atoms with Crippen molar-refractivity contribution in [1.82, 2.24) is 14.7 Å². The Bertz CT molecular complexity index is 369. The lowest BCUT2D eigenvalue weighted by molar-refractivity contribution is -0.137. The zero-order valence-electron chi connectivity index (χ0n) is 13.2. The molecule has 1 aliphatic rings. The van der Waals surface area contributed by atoms with E-state index in [-0.39, 0.29) is 30.6 Å². The number of carbonyl (C=O) groups is 2. The number of carboxylic acid groups (broad SMARTS) is 1. The second kappa shape index (κ2) is 6.43. The van der Waals surface area contributed by atoms with Gasteiger partial charge in [-0.3, -0.25) is 9.69 Å². The molecule has 6 heteroatoms. The van der Waals surface area contributed by atoms with Crippen molar-refractivity contribution < 1.29 is 14.7 Å². The number of likely N-dealkylation sites (N-methyl/N-ethyl adjacent to an activating group) is 1. The monoisotopic (exact) mass is 285 g/mol. The largest absolute Gasteiger partial charge is 0.481 e. The number of nitrogens with zero attached hydrogens (tertiary/aromatic N) is 3. The number of hydrogen-bond acceptors (Lipinski definition) is 3. The highest BCUT2D eigenvalue weighted by Crippen LogP contribution is 2.20. The van der Waals surface area contributed by atoms with Crippen molar-refractivity contribution >= 4 is 12.0 Å². The molecule has 0 aromatic carbocycles. The Morgan fingerprint density at radius 1 is 1.30 bits per heavy atom. The van der Waals surface area contributed by atoms with Gasteiger partial charge in [0.25, 0.3) is 0 Å². The predicted octanol–water partition coefficient (Wildman–Crippen LogP) is 1.32. The molecule has 0 atom stereocenters. The summed E-state index contributed by atoms with van der Waals surface area (Å²) in [5.41, 5.74) is -0.0522. The van der Waals surface area contributed by atoms with Gasteiger partial charge in [0.2, 0.25) is 0 Å². The Balaban J connectivity index is 2.72. The molecule has 1 rings (SSSR count). The van der Waals surface area contributed by atoms with Gasteiger partial charge in [-0.25, -0.2) is 4.79 Å². The molecule has 1 N–H and O–H groups in total. The van der Waals surface area contributed by atoms with E-state index in [1.807, 2.05) is 18.7 Å². The number of carbonyl (C=O) groups excluding carboxylic acids is 1. The van der Waals surface area contributed by atoms with Gasteiger partial charge in [-0.05, 0) is 34.7 Å². The van der Waals surface area contributed by atoms with Gasteiger partial charge >= 0.3 is 12.0 Å². The van der Waals surface area contributed by atoms with Crippen LogP contribution >= 0.6 is 0 Å². The van der Waals surface area contributed by atoms with E-state index in [0.29, 0.717) is 13.1 Å². The van der Waals surface area contributed by atoms with E-state index >= 15 is 0 Å². The Kier molecular flexibility index (Phi) is 5.39. The molecule has 0 radical (unpaired) electrons. The maximum absolute atomic E-state index is 12.6. The molecule has 0 unspecified atom stereocenters. The molecule has 1 aliphatic heterocycles. The third-order valence-electron chi connectivity index (χ3n) is 4.02. The van der Waals surface area contributed by atoms with Gasteiger partial charge in [-0.15, -0.1) is 0 Å². The van der Waals surface area contributed by atoms with E-state index in [0.717, 1.165) is 6.54 Å². The van der Waals surface area contributed by atoms with Crippen molar-refractivity contribution in [2.45, 2.75) is 45.7 Å². The van der Waals surface area contributed by atoms with E-state index in [1.54, 1.807) is 4.90 Å². The molecular formula is C14H27N3O3. The highest BCUT2D eigenvalue weighted by molar-refractivity contribution is 5.76. The minimum atomic E-state index is -0.873. The fourth-order valence-electron chi connectivity index (χ4n) is 2.38. The standard InChI is InChI=1S/C14H27N3O3/c1-11(2)17(7-6-12(18)19)13(20)16-9-8-15(5)14(3,4)10-16/h11H,6-10H2,1-5H3,(H,18,19). The first-order valence-electron chi connectivity index (χ1n) is 7.13. The summed E-state index contributed by atoms with van der Waals surface area (Å²) >= 11 is 0. The Morgan fingerprint density at radius 2 is 1.90 bits per heavy atom. The molecular weight excluding hydrogens is 258 g/mol. The third-order valence-corrected chi connectivity index (χ3v) is 4.02. The van der Waals surface area contributed by atoms with Gasteiger partial charge in [-0.2, -0.15) is 0 Å². The van der Waals surface area contributed by atoms with Crippen LogP contribution < -0.4 is 0 Å². The first kappa shape index (κ1) is 16.8. The second-order valence-electron chi connectivity index (χ2n) is 6.37. The van der Waals surface area contributed by atoms with Crippen LogP contribution in [0.2, 0.25) is 0 Å². The summed E-state index contributed by atoms with van der Waals surface area (Å²) < 4.78 is 0. The fraction of sp³-hybridized carbons (Fsp3) is 0.857. The minimum Gasteiger partial charge on any atom is -0.481 e. The third kappa shape index (κ3) is 4.10. The van der Waals surface area contributed by atoms with E-state index in [4.69, 9.17) is 5.11 Å². The topological polar surface area (TPSA) is 64.1 Å². The van der Waals surface area contributed by atoms with Crippen LogP contribution in [0.1, 0.15) is 34.1 Å². The van der Waals surface area contributed by atoms with Gasteiger partial charge < -0.3 is 14.9 Å². The molecule has 116 valence electrons. The number of hydrogen-bond donors (Lipinski definition) is 1. The van der Waals surface area contributed by atoms with Crippen LogP contribution in [0.15, 0.2) is 0 Å². The predicted molar refractivity (Wildman–Crippen MR) is 77.8 cm³/mol. The maximum atomic E-state index is 12.6. The van der Waals surface area contributed by atoms with Crippen LogP contribution in [-0.2, 0) is 4.79 Å². The van der Waals surface area contributed by atoms with Crippen molar-refractivity contribution in [2.24, 2.45) is 0 Å². The summed E-state index contributed by atoms with van der Waals surface area (Å²) in [5, 5.41) is 8.80. The molecule has 1 heterocycles. The molecule has 2 amide bonds. The molecule has 6 nitrogen and oxygen atoms in total. The summed E-state index contributed by atoms with van der Waals surface area (Å²) in [6, 6.07) is -0.0490. The van der Waals surface area contributed by atoms with Crippen LogP contribution in [0.25, 0.3) is 0 Å². The van der Waals surface area contributed by atoms with Crippen LogP contribution in [0.4, 0.5) is 4.79 Å². The fourth-order valence-corrected chi connectivity index (χ4v) is 2.38. The second-order valence-corrected chi connectivity index (χ2v) is 6.37. The van der Waals surface area contributed by atoms with Crippen LogP contribution in [-0.4, -0.2) is 76.6 Å². The number of urea groups is 1. The molecule has 1 saturated heterocycles. The molecule has 0 bridgehead atoms. The van der Waals surface area contributed by atoms with Gasteiger partial charge in [-0.1, -0.05) is 0 Å². The Hall–Kier alpha value is -1.30. The van der Waals surface area contributed by atoms with Crippen LogP contribution in [0.3, 0.4) is 0 Å². The molecule has 0 spiro atoms. The van der Waals surface area contributed by atoms with Crippen molar-refractivity contribution in [3.63, 3.8) is 0 Å². The average molecular weight is 285 g/mol. The van der Waals surface area contributed by atoms with Gasteiger partial charge in [0.15, 0.2) is 0 Å². The summed E-state index contributed by atoms with van der Waals surface area (Å²) in [5.74, 6) is -0.873. The molecule has 1 fully saturated rings. The SMILES string of the molecule is CC(C)N(CCC(=O)O)C(=O)N1CCN(C)C(C)(C)C1. The number of carboxylic acids is 1. The molecule has 0 aromatic rings. The van der Waals surface area contributed by atoms with Gasteiger partial charge in [0, 0.05) is 37.8 Å². The van der Waals surface area contributed by atoms with Crippen molar-refractivity contribution in [3.8, 4) is 0 Å². The zero-order valence-corrected chi connectivity index (χ0v) is 13.2. The number of piperazine rings is 1. The quantitative estimate of drug-likeness (QED) is 0.846.